The second-order valence-corrected chi connectivity index (χ2v) is 9.20. The molecule has 0 unspecified atom stereocenters. The van der Waals surface area contributed by atoms with Crippen LogP contribution in [0.3, 0.4) is 0 Å². The summed E-state index contributed by atoms with van der Waals surface area (Å²) in [7, 11) is 0. The molecule has 5 aromatic rings. The van der Waals surface area contributed by atoms with Crippen LogP contribution < -0.4 is 16.3 Å². The zero-order valence-corrected chi connectivity index (χ0v) is 19.2. The molecule has 10 heteroatoms. The zero-order chi connectivity index (χ0) is 23.9. The van der Waals surface area contributed by atoms with Crippen molar-refractivity contribution in [1.82, 2.24) is 19.7 Å². The number of para-hydroxylation sites is 1. The van der Waals surface area contributed by atoms with Crippen LogP contribution in [0.25, 0.3) is 27.5 Å². The summed E-state index contributed by atoms with van der Waals surface area (Å²) in [5.74, 6) is -0.250. The van der Waals surface area contributed by atoms with Crippen molar-refractivity contribution in [3.8, 4) is 16.5 Å². The third-order valence-electron chi connectivity index (χ3n) is 5.96. The van der Waals surface area contributed by atoms with Crippen LogP contribution in [-0.2, 0) is 12.8 Å². The highest BCUT2D eigenvalue weighted by atomic mass is 32.1. The second-order valence-electron chi connectivity index (χ2n) is 8.25. The second kappa shape index (κ2) is 8.48. The van der Waals surface area contributed by atoms with E-state index in [-0.39, 0.29) is 28.5 Å². The number of aromatic nitrogens is 4. The largest absolute Gasteiger partial charge is 0.451 e. The van der Waals surface area contributed by atoms with E-state index in [1.54, 1.807) is 30.3 Å². The Hall–Kier alpha value is -4.31. The molecule has 0 atom stereocenters. The molecule has 0 radical (unpaired) electrons. The molecule has 2 N–H and O–H groups in total. The van der Waals surface area contributed by atoms with E-state index in [0.29, 0.717) is 28.6 Å². The molecule has 0 saturated heterocycles. The summed E-state index contributed by atoms with van der Waals surface area (Å²) in [5, 5.41) is 9.70. The molecule has 1 aromatic carbocycles. The predicted octanol–water partition coefficient (Wildman–Crippen LogP) is 3.92. The summed E-state index contributed by atoms with van der Waals surface area (Å²) in [6.07, 6.45) is 3.34. The third kappa shape index (κ3) is 3.87. The average Bonchev–Trinajstić information content (AvgIpc) is 3.54. The van der Waals surface area contributed by atoms with Gasteiger partial charge in [-0.1, -0.05) is 18.2 Å². The average molecular weight is 486 g/mol. The third-order valence-corrected chi connectivity index (χ3v) is 6.85. The number of nitrogens with one attached hydrogen (secondary N) is 2. The predicted molar refractivity (Wildman–Crippen MR) is 132 cm³/mol. The van der Waals surface area contributed by atoms with Crippen LogP contribution in [0.4, 0.5) is 5.82 Å². The van der Waals surface area contributed by atoms with Gasteiger partial charge in [0.15, 0.2) is 11.2 Å². The number of fused-ring (bicyclic) bond motifs is 2. The van der Waals surface area contributed by atoms with E-state index in [1.807, 2.05) is 17.5 Å². The minimum absolute atomic E-state index is 0.133. The molecular formula is C25H19N5O4S. The molecular weight excluding hydrogens is 466 g/mol. The molecule has 4 heterocycles. The van der Waals surface area contributed by atoms with Crippen molar-refractivity contribution in [2.45, 2.75) is 25.7 Å². The van der Waals surface area contributed by atoms with Gasteiger partial charge in [-0.2, -0.15) is 9.78 Å². The Balaban J connectivity index is 1.43. The van der Waals surface area contributed by atoms with Gasteiger partial charge in [-0.25, -0.2) is 4.98 Å². The lowest BCUT2D eigenvalue weighted by Gasteiger charge is -2.15. The van der Waals surface area contributed by atoms with Crippen LogP contribution in [0.15, 0.2) is 67.9 Å². The van der Waals surface area contributed by atoms with E-state index < -0.39 is 5.91 Å². The van der Waals surface area contributed by atoms with Crippen LogP contribution in [-0.4, -0.2) is 25.7 Å². The molecule has 9 nitrogen and oxygen atoms in total. The van der Waals surface area contributed by atoms with E-state index in [2.05, 4.69) is 20.4 Å². The summed E-state index contributed by atoms with van der Waals surface area (Å²) in [4.78, 5) is 46.7. The molecule has 0 saturated carbocycles. The minimum Gasteiger partial charge on any atom is -0.451 e. The lowest BCUT2D eigenvalue weighted by Crippen LogP contribution is -2.25. The molecule has 1 aliphatic carbocycles. The van der Waals surface area contributed by atoms with Gasteiger partial charge in [0.1, 0.15) is 17.1 Å². The van der Waals surface area contributed by atoms with Crippen LogP contribution in [0.2, 0.25) is 0 Å². The first kappa shape index (κ1) is 21.2. The first-order valence-corrected chi connectivity index (χ1v) is 12.1. The van der Waals surface area contributed by atoms with Crippen molar-refractivity contribution in [1.29, 1.82) is 0 Å². The molecule has 0 fully saturated rings. The summed E-state index contributed by atoms with van der Waals surface area (Å²) in [5.41, 5.74) is 1.87. The Morgan fingerprint density at radius 3 is 2.80 bits per heavy atom. The number of carbonyl (C=O) groups excluding carboxylic acids is 1. The molecule has 174 valence electrons. The number of rotatable bonds is 4. The van der Waals surface area contributed by atoms with E-state index in [4.69, 9.17) is 4.42 Å². The fraction of sp³-hybridized carbons (Fsp3) is 0.160. The number of nitrogens with zero attached hydrogens (tertiary/aromatic N) is 3. The Morgan fingerprint density at radius 1 is 1.09 bits per heavy atom. The molecule has 4 aromatic heterocycles. The number of aromatic amines is 1. The van der Waals surface area contributed by atoms with Gasteiger partial charge >= 0.3 is 0 Å². The number of H-pyrrole nitrogens is 1. The van der Waals surface area contributed by atoms with Crippen molar-refractivity contribution in [2.75, 3.05) is 5.32 Å². The topological polar surface area (TPSA) is 123 Å². The van der Waals surface area contributed by atoms with Gasteiger partial charge in [0.25, 0.3) is 11.5 Å². The lowest BCUT2D eigenvalue weighted by molar-refractivity contribution is 0.0996. The summed E-state index contributed by atoms with van der Waals surface area (Å²) >= 11 is 1.50. The highest BCUT2D eigenvalue weighted by Gasteiger charge is 2.21. The number of aryl methyl sites for hydroxylation is 1. The van der Waals surface area contributed by atoms with Gasteiger partial charge in [-0.05, 0) is 49.3 Å². The SMILES string of the molecule is O=C(Nc1cc(-c2cccs2)nn1-c1nc2c(c(=O)[nH]1)CCCC2)c1cc(=O)c2ccccc2o1. The van der Waals surface area contributed by atoms with Crippen molar-refractivity contribution < 1.29 is 9.21 Å². The van der Waals surface area contributed by atoms with Crippen LogP contribution in [0, 0.1) is 0 Å². The molecule has 1 amide bonds. The van der Waals surface area contributed by atoms with E-state index in [0.717, 1.165) is 35.9 Å². The van der Waals surface area contributed by atoms with Gasteiger partial charge < -0.3 is 9.73 Å². The summed E-state index contributed by atoms with van der Waals surface area (Å²) < 4.78 is 7.09. The monoisotopic (exact) mass is 485 g/mol. The van der Waals surface area contributed by atoms with Gasteiger partial charge in [0.2, 0.25) is 5.95 Å². The van der Waals surface area contributed by atoms with Crippen LogP contribution >= 0.6 is 11.3 Å². The van der Waals surface area contributed by atoms with Crippen molar-refractivity contribution in [2.24, 2.45) is 0 Å². The maximum atomic E-state index is 13.1. The Bertz CT molecular complexity index is 1700. The lowest BCUT2D eigenvalue weighted by atomic mass is 9.97. The molecule has 0 spiro atoms. The van der Waals surface area contributed by atoms with E-state index in [9.17, 15) is 14.4 Å². The number of thiophene rings is 1. The normalized spacial score (nSPS) is 13.0. The number of hydrogen-bond donors (Lipinski definition) is 2. The molecule has 35 heavy (non-hydrogen) atoms. The van der Waals surface area contributed by atoms with Crippen LogP contribution in [0.5, 0.6) is 0 Å². The fourth-order valence-corrected chi connectivity index (χ4v) is 4.94. The first-order valence-electron chi connectivity index (χ1n) is 11.2. The standard InChI is InChI=1S/C25H19N5O4S/c31-18-13-20(34-19-9-4-2-7-15(18)19)24(33)27-22-12-17(21-10-5-11-35-21)29-30(22)25-26-16-8-3-1-6-14(16)23(32)28-25/h2,4-5,7,9-13H,1,3,6,8H2,(H,27,33)(H,26,28,32). The van der Waals surface area contributed by atoms with E-state index in [1.165, 1.54) is 16.0 Å². The van der Waals surface area contributed by atoms with Crippen molar-refractivity contribution >= 4 is 34.0 Å². The minimum atomic E-state index is -0.618. The molecule has 6 rings (SSSR count). The van der Waals surface area contributed by atoms with Crippen molar-refractivity contribution in [3.63, 3.8) is 0 Å². The highest BCUT2D eigenvalue weighted by Crippen LogP contribution is 2.28. The summed E-state index contributed by atoms with van der Waals surface area (Å²) in [6, 6.07) is 13.4. The highest BCUT2D eigenvalue weighted by molar-refractivity contribution is 7.13. The van der Waals surface area contributed by atoms with Crippen molar-refractivity contribution in [3.05, 3.63) is 91.5 Å². The smallest absolute Gasteiger partial charge is 0.292 e. The number of amides is 1. The first-order chi connectivity index (χ1) is 17.1. The quantitative estimate of drug-likeness (QED) is 0.398. The Labute approximate surface area is 202 Å². The van der Waals surface area contributed by atoms with Gasteiger partial charge in [-0.3, -0.25) is 19.4 Å². The maximum Gasteiger partial charge on any atom is 0.292 e. The van der Waals surface area contributed by atoms with Crippen LogP contribution in [0.1, 0.15) is 34.7 Å². The molecule has 0 aliphatic heterocycles. The fourth-order valence-electron chi connectivity index (χ4n) is 4.26. The number of hydrogen-bond acceptors (Lipinski definition) is 7. The maximum absolute atomic E-state index is 13.1. The number of carbonyl (C=O) groups is 1. The number of anilines is 1. The Kier molecular flexibility index (Phi) is 5.14. The molecule has 0 bridgehead atoms. The number of benzene rings is 1. The molecule has 1 aliphatic rings. The zero-order valence-electron chi connectivity index (χ0n) is 18.4. The summed E-state index contributed by atoms with van der Waals surface area (Å²) in [6.45, 7) is 0. The van der Waals surface area contributed by atoms with Gasteiger partial charge in [-0.15, -0.1) is 11.3 Å². The van der Waals surface area contributed by atoms with Gasteiger partial charge in [0, 0.05) is 17.7 Å². The van der Waals surface area contributed by atoms with E-state index >= 15 is 0 Å². The van der Waals surface area contributed by atoms with Gasteiger partial charge in [0.05, 0.1) is 16.0 Å². The Morgan fingerprint density at radius 2 is 1.94 bits per heavy atom.